The molecule has 1 aromatic carbocycles. The number of aryl methyl sites for hydroxylation is 1. The summed E-state index contributed by atoms with van der Waals surface area (Å²) in [6.07, 6.45) is 5.56. The SMILES string of the molecule is Cc1cnc2c(C(=O)N3CCN(C)C(=O)C3Cc3cccc(-c4cccs4)c3)cnn2c1. The van der Waals surface area contributed by atoms with Gasteiger partial charge in [-0.3, -0.25) is 9.59 Å². The van der Waals surface area contributed by atoms with E-state index in [1.54, 1.807) is 45.1 Å². The Labute approximate surface area is 189 Å². The summed E-state index contributed by atoms with van der Waals surface area (Å²) in [5, 5.41) is 6.34. The van der Waals surface area contributed by atoms with Crippen molar-refractivity contribution in [3.63, 3.8) is 0 Å². The fraction of sp³-hybridized carbons (Fsp3) is 0.250. The Kier molecular flexibility index (Phi) is 5.22. The predicted molar refractivity (Wildman–Crippen MR) is 124 cm³/mol. The van der Waals surface area contributed by atoms with Gasteiger partial charge in [0.25, 0.3) is 5.91 Å². The molecule has 5 rings (SSSR count). The van der Waals surface area contributed by atoms with E-state index in [1.165, 1.54) is 4.88 Å². The molecule has 7 nitrogen and oxygen atoms in total. The van der Waals surface area contributed by atoms with Crippen LogP contribution in [0.3, 0.4) is 0 Å². The van der Waals surface area contributed by atoms with Crippen molar-refractivity contribution >= 4 is 28.8 Å². The summed E-state index contributed by atoms with van der Waals surface area (Å²) in [4.78, 5) is 35.6. The molecule has 1 atom stereocenters. The van der Waals surface area contributed by atoms with Crippen LogP contribution in [0.5, 0.6) is 0 Å². The van der Waals surface area contributed by atoms with Crippen LogP contribution < -0.4 is 0 Å². The molecule has 0 spiro atoms. The lowest BCUT2D eigenvalue weighted by atomic mass is 9.98. The highest BCUT2D eigenvalue weighted by atomic mass is 32.1. The first kappa shape index (κ1) is 20.4. The van der Waals surface area contributed by atoms with Gasteiger partial charge in [-0.05, 0) is 35.1 Å². The van der Waals surface area contributed by atoms with Crippen LogP contribution >= 0.6 is 11.3 Å². The van der Waals surface area contributed by atoms with E-state index < -0.39 is 6.04 Å². The van der Waals surface area contributed by atoms with Gasteiger partial charge in [-0.15, -0.1) is 11.3 Å². The monoisotopic (exact) mass is 445 g/mol. The maximum Gasteiger partial charge on any atom is 0.260 e. The standard InChI is InChI=1S/C24H23N5O2S/c1-16-13-25-22-19(14-26-29(22)15-16)23(30)28-9-8-27(2)24(31)20(28)12-17-5-3-6-18(11-17)21-7-4-10-32-21/h3-7,10-11,13-15,20H,8-9,12H2,1-2H3. The Morgan fingerprint density at radius 2 is 2.06 bits per heavy atom. The highest BCUT2D eigenvalue weighted by Gasteiger charge is 2.37. The van der Waals surface area contributed by atoms with Gasteiger partial charge in [-0.2, -0.15) is 5.10 Å². The van der Waals surface area contributed by atoms with Crippen molar-refractivity contribution < 1.29 is 9.59 Å². The third-order valence-corrected chi connectivity index (χ3v) is 6.77. The summed E-state index contributed by atoms with van der Waals surface area (Å²) in [6.45, 7) is 2.90. The zero-order chi connectivity index (χ0) is 22.2. The maximum absolute atomic E-state index is 13.5. The molecule has 32 heavy (non-hydrogen) atoms. The second-order valence-corrected chi connectivity index (χ2v) is 9.06. The van der Waals surface area contributed by atoms with Crippen LogP contribution in [0.1, 0.15) is 21.5 Å². The summed E-state index contributed by atoms with van der Waals surface area (Å²) in [5.41, 5.74) is 4.02. The van der Waals surface area contributed by atoms with Crippen molar-refractivity contribution in [1.29, 1.82) is 0 Å². The highest BCUT2D eigenvalue weighted by molar-refractivity contribution is 7.13. The van der Waals surface area contributed by atoms with E-state index in [4.69, 9.17) is 0 Å². The Balaban J connectivity index is 1.47. The number of piperazine rings is 1. The van der Waals surface area contributed by atoms with Crippen LogP contribution in [0.25, 0.3) is 16.1 Å². The van der Waals surface area contributed by atoms with Gasteiger partial charge in [0.1, 0.15) is 11.6 Å². The van der Waals surface area contributed by atoms with Gasteiger partial charge in [-0.1, -0.05) is 30.3 Å². The van der Waals surface area contributed by atoms with Crippen LogP contribution in [0.2, 0.25) is 0 Å². The van der Waals surface area contributed by atoms with Gasteiger partial charge in [-0.25, -0.2) is 9.50 Å². The summed E-state index contributed by atoms with van der Waals surface area (Å²) in [5.74, 6) is -0.261. The second-order valence-electron chi connectivity index (χ2n) is 8.11. The van der Waals surface area contributed by atoms with Crippen molar-refractivity contribution in [1.82, 2.24) is 24.4 Å². The van der Waals surface area contributed by atoms with E-state index in [2.05, 4.69) is 28.3 Å². The number of hydrogen-bond donors (Lipinski definition) is 0. The average molecular weight is 446 g/mol. The van der Waals surface area contributed by atoms with Gasteiger partial charge >= 0.3 is 0 Å². The number of fused-ring (bicyclic) bond motifs is 1. The van der Waals surface area contributed by atoms with Crippen LogP contribution in [-0.4, -0.2) is 62.4 Å². The van der Waals surface area contributed by atoms with Crippen molar-refractivity contribution in [2.75, 3.05) is 20.1 Å². The molecule has 0 bridgehead atoms. The minimum Gasteiger partial charge on any atom is -0.342 e. The number of aromatic nitrogens is 3. The first-order valence-corrected chi connectivity index (χ1v) is 11.4. The van der Waals surface area contributed by atoms with E-state index in [0.29, 0.717) is 30.7 Å². The Morgan fingerprint density at radius 3 is 2.88 bits per heavy atom. The lowest BCUT2D eigenvalue weighted by molar-refractivity contribution is -0.138. The van der Waals surface area contributed by atoms with E-state index >= 15 is 0 Å². The lowest BCUT2D eigenvalue weighted by Crippen LogP contribution is -2.58. The summed E-state index contributed by atoms with van der Waals surface area (Å²) < 4.78 is 1.61. The number of benzene rings is 1. The van der Waals surface area contributed by atoms with Crippen molar-refractivity contribution in [3.8, 4) is 10.4 Å². The molecule has 1 aliphatic heterocycles. The quantitative estimate of drug-likeness (QED) is 0.483. The number of rotatable bonds is 4. The number of likely N-dealkylation sites (N-methyl/N-ethyl adjacent to an activating group) is 1. The number of amides is 2. The molecule has 2 amide bonds. The molecule has 0 radical (unpaired) electrons. The van der Waals surface area contributed by atoms with Crippen LogP contribution in [0.4, 0.5) is 0 Å². The summed E-state index contributed by atoms with van der Waals surface area (Å²) >= 11 is 1.68. The molecule has 0 N–H and O–H groups in total. The maximum atomic E-state index is 13.5. The Bertz CT molecular complexity index is 1300. The first-order chi connectivity index (χ1) is 15.5. The molecule has 3 aromatic heterocycles. The van der Waals surface area contributed by atoms with Crippen molar-refractivity contribution in [2.45, 2.75) is 19.4 Å². The molecule has 1 aliphatic rings. The molecule has 1 unspecified atom stereocenters. The molecule has 1 saturated heterocycles. The molecule has 8 heteroatoms. The summed E-state index contributed by atoms with van der Waals surface area (Å²) in [7, 11) is 1.79. The second kappa shape index (κ2) is 8.20. The molecule has 4 aromatic rings. The Hall–Kier alpha value is -3.52. The molecule has 1 fully saturated rings. The molecule has 0 aliphatic carbocycles. The first-order valence-electron chi connectivity index (χ1n) is 10.5. The van der Waals surface area contributed by atoms with E-state index in [1.807, 2.05) is 36.7 Å². The fourth-order valence-corrected chi connectivity index (χ4v) is 4.87. The number of hydrogen-bond acceptors (Lipinski definition) is 5. The van der Waals surface area contributed by atoms with Crippen LogP contribution in [0, 0.1) is 6.92 Å². The lowest BCUT2D eigenvalue weighted by Gasteiger charge is -2.39. The number of nitrogens with zero attached hydrogens (tertiary/aromatic N) is 5. The minimum atomic E-state index is -0.569. The molecule has 162 valence electrons. The van der Waals surface area contributed by atoms with E-state index in [9.17, 15) is 9.59 Å². The molecular weight excluding hydrogens is 422 g/mol. The fourth-order valence-electron chi connectivity index (χ4n) is 4.14. The molecular formula is C24H23N5O2S. The number of carbonyl (C=O) groups excluding carboxylic acids is 2. The van der Waals surface area contributed by atoms with Crippen molar-refractivity contribution in [2.24, 2.45) is 0 Å². The average Bonchev–Trinajstić information content (AvgIpc) is 3.47. The Morgan fingerprint density at radius 1 is 1.19 bits per heavy atom. The smallest absolute Gasteiger partial charge is 0.260 e. The van der Waals surface area contributed by atoms with Crippen molar-refractivity contribution in [3.05, 3.63) is 77.1 Å². The predicted octanol–water partition coefficient (Wildman–Crippen LogP) is 3.29. The zero-order valence-electron chi connectivity index (χ0n) is 17.9. The molecule has 4 heterocycles. The highest BCUT2D eigenvalue weighted by Crippen LogP contribution is 2.27. The largest absolute Gasteiger partial charge is 0.342 e. The third-order valence-electron chi connectivity index (χ3n) is 5.85. The minimum absolute atomic E-state index is 0.0496. The third kappa shape index (κ3) is 3.67. The number of thiophene rings is 1. The molecule has 0 saturated carbocycles. The van der Waals surface area contributed by atoms with Crippen LogP contribution in [-0.2, 0) is 11.2 Å². The number of carbonyl (C=O) groups is 2. The van der Waals surface area contributed by atoms with Gasteiger partial charge < -0.3 is 9.80 Å². The normalized spacial score (nSPS) is 16.7. The topological polar surface area (TPSA) is 70.8 Å². The van der Waals surface area contributed by atoms with Gasteiger partial charge in [0, 0.05) is 43.8 Å². The van der Waals surface area contributed by atoms with Crippen LogP contribution in [0.15, 0.2) is 60.4 Å². The van der Waals surface area contributed by atoms with Gasteiger partial charge in [0.15, 0.2) is 5.65 Å². The summed E-state index contributed by atoms with van der Waals surface area (Å²) in [6, 6.07) is 11.7. The van der Waals surface area contributed by atoms with E-state index in [0.717, 1.165) is 16.7 Å². The zero-order valence-corrected chi connectivity index (χ0v) is 18.7. The van der Waals surface area contributed by atoms with E-state index in [-0.39, 0.29) is 11.8 Å². The van der Waals surface area contributed by atoms with Gasteiger partial charge in [0.05, 0.1) is 6.20 Å². The van der Waals surface area contributed by atoms with Gasteiger partial charge in [0.2, 0.25) is 5.91 Å².